The van der Waals surface area contributed by atoms with E-state index in [0.717, 1.165) is 25.7 Å². The number of urea groups is 1. The minimum Gasteiger partial charge on any atom is -0.423 e. The first-order valence-electron chi connectivity index (χ1n) is 10.4. The average molecular weight is 407 g/mol. The number of fused-ring (bicyclic) bond motifs is 1. The summed E-state index contributed by atoms with van der Waals surface area (Å²) < 4.78 is 5.43. The molecule has 1 saturated carbocycles. The van der Waals surface area contributed by atoms with Crippen molar-refractivity contribution in [2.24, 2.45) is 0 Å². The fourth-order valence-electron chi connectivity index (χ4n) is 4.02. The van der Waals surface area contributed by atoms with Gasteiger partial charge in [0, 0.05) is 11.7 Å². The number of hydrogen-bond donors (Lipinski definition) is 2. The zero-order chi connectivity index (χ0) is 20.9. The van der Waals surface area contributed by atoms with Gasteiger partial charge >= 0.3 is 12.0 Å². The Balaban J connectivity index is 1.55. The molecule has 30 heavy (non-hydrogen) atoms. The molecule has 3 amide bonds. The van der Waals surface area contributed by atoms with Crippen molar-refractivity contribution in [3.63, 3.8) is 0 Å². The number of nitrogens with one attached hydrogen (secondary N) is 2. The molecule has 7 heteroatoms. The Kier molecular flexibility index (Phi) is 5.97. The van der Waals surface area contributed by atoms with Gasteiger partial charge in [-0.15, -0.1) is 0 Å². The molecule has 1 atom stereocenters. The average Bonchev–Trinajstić information content (AvgIpc) is 2.75. The molecule has 2 aromatic carbocycles. The van der Waals surface area contributed by atoms with Gasteiger partial charge in [-0.2, -0.15) is 0 Å². The van der Waals surface area contributed by atoms with E-state index in [-0.39, 0.29) is 24.4 Å². The zero-order valence-corrected chi connectivity index (χ0v) is 16.7. The van der Waals surface area contributed by atoms with E-state index in [1.807, 2.05) is 18.2 Å². The van der Waals surface area contributed by atoms with Crippen molar-refractivity contribution in [1.82, 2.24) is 5.32 Å². The summed E-state index contributed by atoms with van der Waals surface area (Å²) in [4.78, 5) is 39.9. The second-order valence-electron chi connectivity index (χ2n) is 7.68. The van der Waals surface area contributed by atoms with Gasteiger partial charge in [0.25, 0.3) is 0 Å². The first-order valence-corrected chi connectivity index (χ1v) is 10.4. The fraction of sp³-hybridized carbons (Fsp3) is 0.348. The van der Waals surface area contributed by atoms with Gasteiger partial charge in [-0.05, 0) is 37.1 Å². The molecule has 0 aromatic heterocycles. The highest BCUT2D eigenvalue weighted by Gasteiger charge is 2.40. The predicted molar refractivity (Wildman–Crippen MR) is 113 cm³/mol. The van der Waals surface area contributed by atoms with Crippen LogP contribution >= 0.6 is 0 Å². The van der Waals surface area contributed by atoms with Gasteiger partial charge in [0.15, 0.2) is 5.75 Å². The Morgan fingerprint density at radius 2 is 1.67 bits per heavy atom. The largest absolute Gasteiger partial charge is 0.423 e. The van der Waals surface area contributed by atoms with E-state index in [1.165, 1.54) is 11.3 Å². The van der Waals surface area contributed by atoms with Gasteiger partial charge in [-0.1, -0.05) is 49.6 Å². The molecular formula is C23H25N3O4. The normalized spacial score (nSPS) is 18.9. The van der Waals surface area contributed by atoms with Crippen LogP contribution in [0.2, 0.25) is 0 Å². The zero-order valence-electron chi connectivity index (χ0n) is 16.7. The maximum absolute atomic E-state index is 13.2. The minimum atomic E-state index is -1.03. The van der Waals surface area contributed by atoms with Gasteiger partial charge in [-0.3, -0.25) is 9.69 Å². The van der Waals surface area contributed by atoms with Crippen molar-refractivity contribution in [2.75, 3.05) is 10.2 Å². The number of carbonyl (C=O) groups is 3. The van der Waals surface area contributed by atoms with Crippen molar-refractivity contribution < 1.29 is 19.1 Å². The number of rotatable bonds is 4. The summed E-state index contributed by atoms with van der Waals surface area (Å²) in [5.41, 5.74) is 1.12. The summed E-state index contributed by atoms with van der Waals surface area (Å²) in [5.74, 6) is -0.658. The third kappa shape index (κ3) is 4.45. The van der Waals surface area contributed by atoms with Crippen LogP contribution in [0.5, 0.6) is 5.75 Å². The lowest BCUT2D eigenvalue weighted by Crippen LogP contribution is -2.56. The third-order valence-electron chi connectivity index (χ3n) is 5.51. The standard InChI is InChI=1S/C23H25N3O4/c27-21(24-16-9-3-1-4-10-16)15-19-22(28)30-20-14-8-7-13-18(20)26(19)23(29)25-17-11-5-2-6-12-17/h1,3-4,7-10,13-14,17,19H,2,5-6,11-12,15H2,(H,24,27)(H,25,29)/t19-/m1/s1. The molecule has 1 heterocycles. The van der Waals surface area contributed by atoms with Crippen LogP contribution in [0.4, 0.5) is 16.2 Å². The number of anilines is 2. The molecule has 2 aromatic rings. The molecule has 7 nitrogen and oxygen atoms in total. The summed E-state index contributed by atoms with van der Waals surface area (Å²) >= 11 is 0. The Bertz CT molecular complexity index is 925. The van der Waals surface area contributed by atoms with Crippen molar-refractivity contribution in [3.8, 4) is 5.75 Å². The Labute approximate surface area is 175 Å². The highest BCUT2D eigenvalue weighted by Crippen LogP contribution is 2.35. The van der Waals surface area contributed by atoms with Crippen LogP contribution in [0.15, 0.2) is 54.6 Å². The third-order valence-corrected chi connectivity index (χ3v) is 5.51. The number of benzene rings is 2. The minimum absolute atomic E-state index is 0.0788. The van der Waals surface area contributed by atoms with Crippen molar-refractivity contribution in [1.29, 1.82) is 0 Å². The molecule has 0 bridgehead atoms. The van der Waals surface area contributed by atoms with Gasteiger partial charge < -0.3 is 15.4 Å². The van der Waals surface area contributed by atoms with E-state index >= 15 is 0 Å². The van der Waals surface area contributed by atoms with E-state index in [2.05, 4.69) is 10.6 Å². The number of ether oxygens (including phenoxy) is 1. The molecular weight excluding hydrogens is 382 g/mol. The number of para-hydroxylation sites is 3. The summed E-state index contributed by atoms with van der Waals surface area (Å²) in [5, 5.41) is 5.82. The first-order chi connectivity index (χ1) is 14.6. The van der Waals surface area contributed by atoms with Crippen molar-refractivity contribution in [2.45, 2.75) is 50.6 Å². The van der Waals surface area contributed by atoms with Gasteiger partial charge in [0.1, 0.15) is 6.04 Å². The maximum atomic E-state index is 13.2. The molecule has 1 fully saturated rings. The number of nitrogens with zero attached hydrogens (tertiary/aromatic N) is 1. The van der Waals surface area contributed by atoms with Gasteiger partial charge in [-0.25, -0.2) is 9.59 Å². The molecule has 4 rings (SSSR count). The second-order valence-corrected chi connectivity index (χ2v) is 7.68. The van der Waals surface area contributed by atoms with Crippen LogP contribution < -0.4 is 20.3 Å². The lowest BCUT2D eigenvalue weighted by molar-refractivity contribution is -0.138. The van der Waals surface area contributed by atoms with E-state index in [0.29, 0.717) is 17.1 Å². The number of esters is 1. The van der Waals surface area contributed by atoms with Crippen LogP contribution in [0.25, 0.3) is 0 Å². The summed E-state index contributed by atoms with van der Waals surface area (Å²) in [6, 6.07) is 14.6. The number of hydrogen-bond acceptors (Lipinski definition) is 4. The predicted octanol–water partition coefficient (Wildman–Crippen LogP) is 3.85. The molecule has 0 unspecified atom stereocenters. The van der Waals surface area contributed by atoms with Crippen molar-refractivity contribution >= 4 is 29.3 Å². The maximum Gasteiger partial charge on any atom is 0.335 e. The molecule has 2 N–H and O–H groups in total. The molecule has 156 valence electrons. The molecule has 1 aliphatic heterocycles. The van der Waals surface area contributed by atoms with E-state index in [9.17, 15) is 14.4 Å². The lowest BCUT2D eigenvalue weighted by atomic mass is 9.95. The highest BCUT2D eigenvalue weighted by molar-refractivity contribution is 6.05. The Hall–Kier alpha value is -3.35. The number of amides is 3. The van der Waals surface area contributed by atoms with Crippen LogP contribution in [0.1, 0.15) is 38.5 Å². The molecule has 0 saturated heterocycles. The molecule has 0 radical (unpaired) electrons. The van der Waals surface area contributed by atoms with E-state index in [4.69, 9.17) is 4.74 Å². The second kappa shape index (κ2) is 8.98. The van der Waals surface area contributed by atoms with Crippen LogP contribution in [0.3, 0.4) is 0 Å². The smallest absolute Gasteiger partial charge is 0.335 e. The van der Waals surface area contributed by atoms with Crippen LogP contribution in [-0.4, -0.2) is 30.0 Å². The van der Waals surface area contributed by atoms with E-state index < -0.39 is 12.0 Å². The quantitative estimate of drug-likeness (QED) is 0.595. The number of carbonyl (C=O) groups excluding carboxylic acids is 3. The Morgan fingerprint density at radius 3 is 2.43 bits per heavy atom. The monoisotopic (exact) mass is 407 g/mol. The fourth-order valence-corrected chi connectivity index (χ4v) is 4.02. The van der Waals surface area contributed by atoms with Crippen LogP contribution in [-0.2, 0) is 9.59 Å². The Morgan fingerprint density at radius 1 is 0.967 bits per heavy atom. The summed E-state index contributed by atoms with van der Waals surface area (Å²) in [6.45, 7) is 0. The highest BCUT2D eigenvalue weighted by atomic mass is 16.5. The van der Waals surface area contributed by atoms with E-state index in [1.54, 1.807) is 36.4 Å². The SMILES string of the molecule is O=C(C[C@@H]1C(=O)Oc2ccccc2N1C(=O)NC1CCCCC1)Nc1ccccc1. The van der Waals surface area contributed by atoms with Crippen molar-refractivity contribution in [3.05, 3.63) is 54.6 Å². The molecule has 2 aliphatic rings. The van der Waals surface area contributed by atoms with Crippen LogP contribution in [0, 0.1) is 0 Å². The first kappa shape index (κ1) is 19.9. The molecule has 1 aliphatic carbocycles. The van der Waals surface area contributed by atoms with Gasteiger partial charge in [0.05, 0.1) is 12.1 Å². The van der Waals surface area contributed by atoms with Gasteiger partial charge in [0.2, 0.25) is 5.91 Å². The summed E-state index contributed by atoms with van der Waals surface area (Å²) in [7, 11) is 0. The summed E-state index contributed by atoms with van der Waals surface area (Å²) in [6.07, 6.45) is 4.97. The topological polar surface area (TPSA) is 87.7 Å². The lowest BCUT2D eigenvalue weighted by Gasteiger charge is -2.36. The molecule has 0 spiro atoms.